The SMILES string of the molecule is C[C@H](OC(=O)c1ccc(-n2cccn2)cc1)C(=O)NCc1ccccc1Cl. The Morgan fingerprint density at radius 1 is 1.15 bits per heavy atom. The fraction of sp³-hybridized carbons (Fsp3) is 0.150. The van der Waals surface area contributed by atoms with Crippen LogP contribution in [0, 0.1) is 0 Å². The molecule has 1 amide bonds. The van der Waals surface area contributed by atoms with Crippen LogP contribution in [0.5, 0.6) is 0 Å². The highest BCUT2D eigenvalue weighted by atomic mass is 35.5. The van der Waals surface area contributed by atoms with Gasteiger partial charge < -0.3 is 10.1 Å². The first-order valence-electron chi connectivity index (χ1n) is 8.37. The Hall–Kier alpha value is -3.12. The number of ether oxygens (including phenoxy) is 1. The number of benzene rings is 2. The van der Waals surface area contributed by atoms with E-state index in [2.05, 4.69) is 10.4 Å². The van der Waals surface area contributed by atoms with Crippen molar-refractivity contribution in [2.45, 2.75) is 19.6 Å². The van der Waals surface area contributed by atoms with Crippen LogP contribution in [-0.2, 0) is 16.1 Å². The van der Waals surface area contributed by atoms with Crippen LogP contribution in [-0.4, -0.2) is 27.8 Å². The highest BCUT2D eigenvalue weighted by molar-refractivity contribution is 6.31. The Bertz CT molecular complexity index is 924. The van der Waals surface area contributed by atoms with Gasteiger partial charge in [0.1, 0.15) is 0 Å². The summed E-state index contributed by atoms with van der Waals surface area (Å²) in [6, 6.07) is 15.8. The van der Waals surface area contributed by atoms with E-state index >= 15 is 0 Å². The lowest BCUT2D eigenvalue weighted by atomic mass is 10.2. The van der Waals surface area contributed by atoms with Gasteiger partial charge in [-0.25, -0.2) is 9.48 Å². The van der Waals surface area contributed by atoms with Gasteiger partial charge in [0.15, 0.2) is 6.10 Å². The van der Waals surface area contributed by atoms with Crippen molar-refractivity contribution in [3.63, 3.8) is 0 Å². The summed E-state index contributed by atoms with van der Waals surface area (Å²) in [4.78, 5) is 24.4. The second-order valence-electron chi connectivity index (χ2n) is 5.85. The zero-order valence-electron chi connectivity index (χ0n) is 14.6. The van der Waals surface area contributed by atoms with Gasteiger partial charge in [0.05, 0.1) is 11.3 Å². The standard InChI is InChI=1S/C20H18ClN3O3/c1-14(19(25)22-13-16-5-2-3-6-18(16)21)27-20(26)15-7-9-17(10-8-15)24-12-4-11-23-24/h2-12,14H,13H2,1H3,(H,22,25)/t14-/m0/s1. The van der Waals surface area contributed by atoms with E-state index in [-0.39, 0.29) is 6.54 Å². The summed E-state index contributed by atoms with van der Waals surface area (Å²) in [5.74, 6) is -0.959. The van der Waals surface area contributed by atoms with Gasteiger partial charge in [0, 0.05) is 24.0 Å². The molecule has 0 aliphatic rings. The molecule has 27 heavy (non-hydrogen) atoms. The first-order chi connectivity index (χ1) is 13.0. The molecule has 0 saturated heterocycles. The van der Waals surface area contributed by atoms with Gasteiger partial charge in [-0.15, -0.1) is 0 Å². The normalized spacial score (nSPS) is 11.6. The summed E-state index contributed by atoms with van der Waals surface area (Å²) >= 11 is 6.06. The third-order valence-corrected chi connectivity index (χ3v) is 4.30. The van der Waals surface area contributed by atoms with Crippen molar-refractivity contribution < 1.29 is 14.3 Å². The topological polar surface area (TPSA) is 73.2 Å². The van der Waals surface area contributed by atoms with Crippen LogP contribution >= 0.6 is 11.6 Å². The maximum absolute atomic E-state index is 12.2. The van der Waals surface area contributed by atoms with E-state index in [1.54, 1.807) is 47.4 Å². The molecular weight excluding hydrogens is 366 g/mol. The molecule has 6 nitrogen and oxygen atoms in total. The summed E-state index contributed by atoms with van der Waals surface area (Å²) < 4.78 is 6.92. The number of esters is 1. The monoisotopic (exact) mass is 383 g/mol. The molecule has 0 radical (unpaired) electrons. The average molecular weight is 384 g/mol. The van der Waals surface area contributed by atoms with E-state index in [0.29, 0.717) is 10.6 Å². The van der Waals surface area contributed by atoms with E-state index in [1.807, 2.05) is 24.3 Å². The van der Waals surface area contributed by atoms with Crippen molar-refractivity contribution >= 4 is 23.5 Å². The van der Waals surface area contributed by atoms with Crippen LogP contribution in [0.2, 0.25) is 5.02 Å². The third kappa shape index (κ3) is 4.74. The van der Waals surface area contributed by atoms with Crippen molar-refractivity contribution in [1.29, 1.82) is 0 Å². The van der Waals surface area contributed by atoms with Crippen LogP contribution in [0.25, 0.3) is 5.69 Å². The summed E-state index contributed by atoms with van der Waals surface area (Å²) in [6.07, 6.45) is 2.55. The van der Waals surface area contributed by atoms with Crippen molar-refractivity contribution in [1.82, 2.24) is 15.1 Å². The molecule has 0 unspecified atom stereocenters. The van der Waals surface area contributed by atoms with Crippen molar-refractivity contribution in [3.05, 3.63) is 83.1 Å². The number of hydrogen-bond acceptors (Lipinski definition) is 4. The Labute approximate surface area is 161 Å². The summed E-state index contributed by atoms with van der Waals surface area (Å²) in [6.45, 7) is 1.79. The lowest BCUT2D eigenvalue weighted by Gasteiger charge is -2.14. The lowest BCUT2D eigenvalue weighted by molar-refractivity contribution is -0.129. The molecule has 0 bridgehead atoms. The van der Waals surface area contributed by atoms with Crippen LogP contribution < -0.4 is 5.32 Å². The Kier molecular flexibility index (Phi) is 5.88. The summed E-state index contributed by atoms with van der Waals surface area (Å²) in [5.41, 5.74) is 1.97. The molecule has 1 atom stereocenters. The first-order valence-corrected chi connectivity index (χ1v) is 8.74. The summed E-state index contributed by atoms with van der Waals surface area (Å²) in [7, 11) is 0. The molecule has 0 aliphatic heterocycles. The summed E-state index contributed by atoms with van der Waals surface area (Å²) in [5, 5.41) is 7.40. The van der Waals surface area contributed by atoms with Crippen LogP contribution in [0.3, 0.4) is 0 Å². The molecule has 2 aromatic carbocycles. The number of halogens is 1. The average Bonchev–Trinajstić information content (AvgIpc) is 3.22. The quantitative estimate of drug-likeness (QED) is 0.662. The smallest absolute Gasteiger partial charge is 0.338 e. The number of nitrogens with zero attached hydrogens (tertiary/aromatic N) is 2. The van der Waals surface area contributed by atoms with Gasteiger partial charge in [-0.2, -0.15) is 5.10 Å². The molecule has 1 N–H and O–H groups in total. The van der Waals surface area contributed by atoms with Gasteiger partial charge >= 0.3 is 5.97 Å². The maximum Gasteiger partial charge on any atom is 0.338 e. The number of carbonyl (C=O) groups excluding carboxylic acids is 2. The van der Waals surface area contributed by atoms with Crippen LogP contribution in [0.1, 0.15) is 22.8 Å². The van der Waals surface area contributed by atoms with E-state index in [9.17, 15) is 9.59 Å². The molecular formula is C20H18ClN3O3. The molecule has 0 spiro atoms. The molecule has 7 heteroatoms. The maximum atomic E-state index is 12.2. The lowest BCUT2D eigenvalue weighted by Crippen LogP contribution is -2.35. The molecule has 1 aromatic heterocycles. The highest BCUT2D eigenvalue weighted by Gasteiger charge is 2.19. The predicted molar refractivity (Wildman–Crippen MR) is 102 cm³/mol. The van der Waals surface area contributed by atoms with Gasteiger partial charge in [-0.05, 0) is 48.9 Å². The van der Waals surface area contributed by atoms with E-state index in [0.717, 1.165) is 11.3 Å². The molecule has 3 aromatic rings. The van der Waals surface area contributed by atoms with Crippen molar-refractivity contribution in [2.75, 3.05) is 0 Å². The molecule has 1 heterocycles. The van der Waals surface area contributed by atoms with E-state index < -0.39 is 18.0 Å². The molecule has 0 aliphatic carbocycles. The van der Waals surface area contributed by atoms with Crippen LogP contribution in [0.4, 0.5) is 0 Å². The minimum absolute atomic E-state index is 0.263. The Morgan fingerprint density at radius 3 is 2.56 bits per heavy atom. The number of rotatable bonds is 6. The highest BCUT2D eigenvalue weighted by Crippen LogP contribution is 2.14. The minimum atomic E-state index is -0.925. The van der Waals surface area contributed by atoms with Gasteiger partial charge in [0.2, 0.25) is 0 Å². The Morgan fingerprint density at radius 2 is 1.89 bits per heavy atom. The van der Waals surface area contributed by atoms with Crippen molar-refractivity contribution in [3.8, 4) is 5.69 Å². The van der Waals surface area contributed by atoms with Gasteiger partial charge in [-0.1, -0.05) is 29.8 Å². The molecule has 0 saturated carbocycles. The minimum Gasteiger partial charge on any atom is -0.449 e. The van der Waals surface area contributed by atoms with Gasteiger partial charge in [0.25, 0.3) is 5.91 Å². The first kappa shape index (κ1) is 18.7. The van der Waals surface area contributed by atoms with E-state index in [1.165, 1.54) is 6.92 Å². The second kappa shape index (κ2) is 8.51. The van der Waals surface area contributed by atoms with Crippen molar-refractivity contribution in [2.24, 2.45) is 0 Å². The molecule has 0 fully saturated rings. The number of aromatic nitrogens is 2. The number of nitrogens with one attached hydrogen (secondary N) is 1. The number of hydrogen-bond donors (Lipinski definition) is 1. The van der Waals surface area contributed by atoms with Gasteiger partial charge in [-0.3, -0.25) is 4.79 Å². The van der Waals surface area contributed by atoms with Crippen LogP contribution in [0.15, 0.2) is 67.0 Å². The zero-order valence-corrected chi connectivity index (χ0v) is 15.4. The fourth-order valence-corrected chi connectivity index (χ4v) is 2.62. The predicted octanol–water partition coefficient (Wildman–Crippen LogP) is 3.39. The number of amides is 1. The number of carbonyl (C=O) groups is 2. The Balaban J connectivity index is 1.55. The molecule has 3 rings (SSSR count). The second-order valence-corrected chi connectivity index (χ2v) is 6.26. The van der Waals surface area contributed by atoms with E-state index in [4.69, 9.17) is 16.3 Å². The zero-order chi connectivity index (χ0) is 19.2. The largest absolute Gasteiger partial charge is 0.449 e. The third-order valence-electron chi connectivity index (χ3n) is 3.94. The molecule has 138 valence electrons. The fourth-order valence-electron chi connectivity index (χ4n) is 2.42.